The Kier molecular flexibility index (Phi) is 3.19. The van der Waals surface area contributed by atoms with E-state index in [9.17, 15) is 4.79 Å². The number of hydrogen-bond donors (Lipinski definition) is 2. The lowest BCUT2D eigenvalue weighted by atomic mass is 10.1. The molecule has 2 aliphatic rings. The lowest BCUT2D eigenvalue weighted by molar-refractivity contribution is -0.117. The number of carbonyl (C=O) groups excluding carboxylic acids is 1. The van der Waals surface area contributed by atoms with Gasteiger partial charge in [0, 0.05) is 12.6 Å². The van der Waals surface area contributed by atoms with E-state index in [2.05, 4.69) is 10.2 Å². The van der Waals surface area contributed by atoms with Crippen LogP contribution in [0.5, 0.6) is 0 Å². The molecule has 2 atom stereocenters. The molecule has 0 radical (unpaired) electrons. The lowest BCUT2D eigenvalue weighted by Crippen LogP contribution is -2.38. The van der Waals surface area contributed by atoms with Gasteiger partial charge in [0.15, 0.2) is 0 Å². The number of amides is 1. The first-order valence-corrected chi connectivity index (χ1v) is 7.02. The third-order valence-corrected chi connectivity index (χ3v) is 4.35. The molecule has 102 valence electrons. The lowest BCUT2D eigenvalue weighted by Gasteiger charge is -2.26. The van der Waals surface area contributed by atoms with Gasteiger partial charge in [-0.15, -0.1) is 0 Å². The van der Waals surface area contributed by atoms with Crippen LogP contribution in [0.15, 0.2) is 18.2 Å². The van der Waals surface area contributed by atoms with Gasteiger partial charge in [-0.05, 0) is 49.8 Å². The summed E-state index contributed by atoms with van der Waals surface area (Å²) in [4.78, 5) is 14.4. The van der Waals surface area contributed by atoms with Crippen molar-refractivity contribution in [3.8, 4) is 0 Å². The van der Waals surface area contributed by atoms with E-state index in [4.69, 9.17) is 5.73 Å². The Bertz CT molecular complexity index is 500. The number of nitrogen functional groups attached to an aromatic ring is 1. The average Bonchev–Trinajstić information content (AvgIpc) is 2.95. The summed E-state index contributed by atoms with van der Waals surface area (Å²) in [6, 6.07) is 6.35. The molecule has 1 aliphatic heterocycles. The van der Waals surface area contributed by atoms with Gasteiger partial charge in [-0.3, -0.25) is 9.69 Å². The van der Waals surface area contributed by atoms with Gasteiger partial charge >= 0.3 is 0 Å². The van der Waals surface area contributed by atoms with Crippen molar-refractivity contribution in [2.24, 2.45) is 5.92 Å². The number of nitrogens with one attached hydrogen (secondary N) is 1. The molecular weight excluding hydrogens is 238 g/mol. The number of hydrogen-bond acceptors (Lipinski definition) is 3. The monoisotopic (exact) mass is 259 g/mol. The molecule has 0 aromatic heterocycles. The molecule has 2 bridgehead atoms. The van der Waals surface area contributed by atoms with Crippen LogP contribution in [0.4, 0.5) is 11.4 Å². The molecule has 2 fully saturated rings. The Morgan fingerprint density at radius 3 is 2.95 bits per heavy atom. The first-order chi connectivity index (χ1) is 9.11. The van der Waals surface area contributed by atoms with Crippen molar-refractivity contribution in [2.45, 2.75) is 32.2 Å². The molecule has 3 rings (SSSR count). The maximum Gasteiger partial charge on any atom is 0.238 e. The fourth-order valence-electron chi connectivity index (χ4n) is 3.39. The predicted molar refractivity (Wildman–Crippen MR) is 76.9 cm³/mol. The van der Waals surface area contributed by atoms with Crippen LogP contribution in [0.2, 0.25) is 0 Å². The topological polar surface area (TPSA) is 58.4 Å². The highest BCUT2D eigenvalue weighted by atomic mass is 16.2. The van der Waals surface area contributed by atoms with Gasteiger partial charge in [-0.1, -0.05) is 6.07 Å². The highest BCUT2D eigenvalue weighted by Crippen LogP contribution is 2.37. The minimum absolute atomic E-state index is 0.0445. The van der Waals surface area contributed by atoms with E-state index >= 15 is 0 Å². The summed E-state index contributed by atoms with van der Waals surface area (Å²) < 4.78 is 0. The fraction of sp³-hybridized carbons (Fsp3) is 0.533. The van der Waals surface area contributed by atoms with Crippen LogP contribution in [0.25, 0.3) is 0 Å². The molecule has 4 nitrogen and oxygen atoms in total. The van der Waals surface area contributed by atoms with Crippen molar-refractivity contribution in [3.63, 3.8) is 0 Å². The van der Waals surface area contributed by atoms with Crippen LogP contribution >= 0.6 is 0 Å². The standard InChI is InChI=1S/C15H21N3O/c1-10-2-5-14(13(16)6-10)17-15(19)9-18-8-11-3-4-12(18)7-11/h2,5-6,11-12H,3-4,7-9,16H2,1H3,(H,17,19). The molecule has 1 aromatic carbocycles. The van der Waals surface area contributed by atoms with Gasteiger partial charge in [0.1, 0.15) is 0 Å². The quantitative estimate of drug-likeness (QED) is 0.816. The van der Waals surface area contributed by atoms with Crippen molar-refractivity contribution >= 4 is 17.3 Å². The van der Waals surface area contributed by atoms with Gasteiger partial charge in [-0.25, -0.2) is 0 Å². The van der Waals surface area contributed by atoms with Gasteiger partial charge in [0.25, 0.3) is 0 Å². The van der Waals surface area contributed by atoms with E-state index in [1.165, 1.54) is 19.3 Å². The highest BCUT2D eigenvalue weighted by Gasteiger charge is 2.38. The predicted octanol–water partition coefficient (Wildman–Crippen LogP) is 2.00. The normalized spacial score (nSPS) is 25.7. The van der Waals surface area contributed by atoms with Crippen molar-refractivity contribution in [1.29, 1.82) is 0 Å². The smallest absolute Gasteiger partial charge is 0.238 e. The van der Waals surface area contributed by atoms with Crippen molar-refractivity contribution in [1.82, 2.24) is 4.90 Å². The number of rotatable bonds is 3. The van der Waals surface area contributed by atoms with Crippen molar-refractivity contribution < 1.29 is 4.79 Å². The minimum atomic E-state index is 0.0445. The Hall–Kier alpha value is -1.55. The molecule has 4 heteroatoms. The van der Waals surface area contributed by atoms with E-state index in [1.807, 2.05) is 25.1 Å². The summed E-state index contributed by atoms with van der Waals surface area (Å²) in [5.41, 5.74) is 8.37. The van der Waals surface area contributed by atoms with Crippen molar-refractivity contribution in [3.05, 3.63) is 23.8 Å². The van der Waals surface area contributed by atoms with Crippen LogP contribution < -0.4 is 11.1 Å². The highest BCUT2D eigenvalue weighted by molar-refractivity contribution is 5.95. The van der Waals surface area contributed by atoms with E-state index in [0.29, 0.717) is 18.3 Å². The second-order valence-corrected chi connectivity index (χ2v) is 5.90. The molecule has 3 N–H and O–H groups in total. The number of fused-ring (bicyclic) bond motifs is 2. The SMILES string of the molecule is Cc1ccc(NC(=O)CN2CC3CCC2C3)c(N)c1. The van der Waals surface area contributed by atoms with E-state index < -0.39 is 0 Å². The summed E-state index contributed by atoms with van der Waals surface area (Å²) in [5.74, 6) is 0.866. The van der Waals surface area contributed by atoms with Gasteiger partial charge in [0.2, 0.25) is 5.91 Å². The second kappa shape index (κ2) is 4.85. The first kappa shape index (κ1) is 12.5. The molecule has 0 spiro atoms. The van der Waals surface area contributed by atoms with Crippen LogP contribution in [0.1, 0.15) is 24.8 Å². The molecular formula is C15H21N3O. The maximum atomic E-state index is 12.1. The number of anilines is 2. The zero-order chi connectivity index (χ0) is 13.4. The third kappa shape index (κ3) is 2.59. The third-order valence-electron chi connectivity index (χ3n) is 4.35. The minimum Gasteiger partial charge on any atom is -0.397 e. The van der Waals surface area contributed by atoms with Crippen LogP contribution in [0.3, 0.4) is 0 Å². The molecule has 1 amide bonds. The van der Waals surface area contributed by atoms with Crippen LogP contribution in [-0.4, -0.2) is 29.9 Å². The molecule has 1 heterocycles. The molecule has 2 unspecified atom stereocenters. The first-order valence-electron chi connectivity index (χ1n) is 7.02. The fourth-order valence-corrected chi connectivity index (χ4v) is 3.39. The van der Waals surface area contributed by atoms with E-state index in [0.717, 1.165) is 23.7 Å². The Morgan fingerprint density at radius 2 is 2.32 bits per heavy atom. The number of likely N-dealkylation sites (tertiary alicyclic amines) is 1. The molecule has 1 saturated carbocycles. The zero-order valence-electron chi connectivity index (χ0n) is 11.4. The Balaban J connectivity index is 1.59. The molecule has 1 aromatic rings. The molecule has 1 aliphatic carbocycles. The number of carbonyl (C=O) groups is 1. The van der Waals surface area contributed by atoms with Crippen molar-refractivity contribution in [2.75, 3.05) is 24.1 Å². The van der Waals surface area contributed by atoms with E-state index in [1.54, 1.807) is 0 Å². The summed E-state index contributed by atoms with van der Waals surface area (Å²) in [7, 11) is 0. The summed E-state index contributed by atoms with van der Waals surface area (Å²) in [6.07, 6.45) is 3.87. The Morgan fingerprint density at radius 1 is 1.47 bits per heavy atom. The number of benzene rings is 1. The second-order valence-electron chi connectivity index (χ2n) is 5.90. The largest absolute Gasteiger partial charge is 0.397 e. The number of piperidine rings is 1. The van der Waals surface area contributed by atoms with Crippen LogP contribution in [-0.2, 0) is 4.79 Å². The van der Waals surface area contributed by atoms with Gasteiger partial charge in [-0.2, -0.15) is 0 Å². The van der Waals surface area contributed by atoms with Crippen LogP contribution in [0, 0.1) is 12.8 Å². The average molecular weight is 259 g/mol. The Labute approximate surface area is 114 Å². The summed E-state index contributed by atoms with van der Waals surface area (Å²) in [5, 5.41) is 2.92. The zero-order valence-corrected chi connectivity index (χ0v) is 11.4. The summed E-state index contributed by atoms with van der Waals surface area (Å²) >= 11 is 0. The number of aryl methyl sites for hydroxylation is 1. The van der Waals surface area contributed by atoms with Gasteiger partial charge < -0.3 is 11.1 Å². The number of nitrogens with two attached hydrogens (primary N) is 1. The maximum absolute atomic E-state index is 12.1. The number of nitrogens with zero attached hydrogens (tertiary/aromatic N) is 1. The van der Waals surface area contributed by atoms with Gasteiger partial charge in [0.05, 0.1) is 17.9 Å². The summed E-state index contributed by atoms with van der Waals surface area (Å²) in [6.45, 7) is 3.57. The molecule has 19 heavy (non-hydrogen) atoms. The molecule has 1 saturated heterocycles. The van der Waals surface area contributed by atoms with E-state index in [-0.39, 0.29) is 5.91 Å².